The molecule has 0 radical (unpaired) electrons. The Hall–Kier alpha value is -10.4. The summed E-state index contributed by atoms with van der Waals surface area (Å²) in [5.41, 5.74) is -0.854. The first-order chi connectivity index (χ1) is 59.2. The smallest absolute Gasteiger partial charge is 0.497 e. The summed E-state index contributed by atoms with van der Waals surface area (Å²) >= 11 is 13.8. The topological polar surface area (TPSA) is 401 Å². The van der Waals surface area contributed by atoms with Gasteiger partial charge in [-0.1, -0.05) is 134 Å². The summed E-state index contributed by atoms with van der Waals surface area (Å²) in [7, 11) is -8.95. The Balaban J connectivity index is 0.847. The summed E-state index contributed by atoms with van der Waals surface area (Å²) in [5, 5.41) is 15.3. The van der Waals surface area contributed by atoms with Crippen molar-refractivity contribution in [3.05, 3.63) is 252 Å². The molecule has 4 N–H and O–H groups in total. The monoisotopic (exact) mass is 1780 g/mol. The molecule has 12 atom stereocenters. The number of fused-ring (bicyclic) bond motifs is 2. The van der Waals surface area contributed by atoms with Crippen molar-refractivity contribution in [1.29, 1.82) is 5.26 Å². The number of imidazole rings is 2. The van der Waals surface area contributed by atoms with Crippen LogP contribution in [0.2, 0.25) is 10.0 Å². The fourth-order valence-corrected chi connectivity index (χ4v) is 20.3. The number of halogens is 2. The van der Waals surface area contributed by atoms with Crippen LogP contribution >= 0.6 is 47.1 Å². The van der Waals surface area contributed by atoms with E-state index >= 15 is 9.13 Å². The molecule has 0 spiro atoms. The molecule has 3 aliphatic heterocycles. The van der Waals surface area contributed by atoms with Crippen LogP contribution in [-0.2, 0) is 61.1 Å². The van der Waals surface area contributed by atoms with Crippen LogP contribution in [0.25, 0.3) is 22.3 Å². The third-order valence-corrected chi connectivity index (χ3v) is 26.8. The van der Waals surface area contributed by atoms with Crippen LogP contribution in [-0.4, -0.2) is 154 Å². The molecule has 646 valence electrons. The van der Waals surface area contributed by atoms with Crippen LogP contribution < -0.4 is 46.0 Å². The third-order valence-electron chi connectivity index (χ3n) is 20.7. The van der Waals surface area contributed by atoms with E-state index in [0.29, 0.717) is 33.8 Å². The Morgan fingerprint density at radius 1 is 0.642 bits per heavy atom. The molecule has 123 heavy (non-hydrogen) atoms. The average molecular weight is 1780 g/mol. The number of benzene rings is 6. The molecule has 3 aliphatic rings. The number of hydrogen-bond donors (Lipinski definition) is 4. The van der Waals surface area contributed by atoms with Gasteiger partial charge < -0.3 is 51.8 Å². The molecule has 5 aromatic heterocycles. The lowest BCUT2D eigenvalue weighted by molar-refractivity contribution is -0.119. The van der Waals surface area contributed by atoms with E-state index in [9.17, 15) is 29.2 Å². The van der Waals surface area contributed by atoms with Gasteiger partial charge >= 0.3 is 21.1 Å². The number of rotatable bonds is 37. The van der Waals surface area contributed by atoms with E-state index in [1.807, 2.05) is 87.0 Å². The second-order valence-electron chi connectivity index (χ2n) is 30.0. The highest BCUT2D eigenvalue weighted by atomic mass is 35.5. The molecule has 11 aromatic rings. The van der Waals surface area contributed by atoms with Gasteiger partial charge in [-0.25, -0.2) is 38.5 Å². The van der Waals surface area contributed by atoms with E-state index in [-0.39, 0.29) is 119 Å². The zero-order chi connectivity index (χ0) is 86.9. The standard InChI is InChI=1S/C84H91Cl2N14O20P3/c1-50(2)78(101)94-82-93-77-74(81(104)95-82)91-49-99(77)71-41-65(116-121(111-39-20-38-87)100(51(3)4)52(5)6)64(113-71)37-40-122(106,117-62-27-18-16-25-60(62)85)118-66-42-72(98-48-90-73-75(88-47-89-76(73)98)92-80(103)54-21-12-10-13-22-54)115-69(66)46-112-123(107,119-63-28-19-17-26-61(63)86)120-67-43-70(97-44-53(7)79(102)96-83(97)105)114-68(67)45-110-84(55-23-14-11-15-24-55,56-29-33-58(108-8)34-30-56)57-31-35-59(109-9)36-32-57/h10-19,21-36,44,47-52,64-72H,20,37,39-43,45-46H2,1-9H3,(H,96,102,105)(H,88,89,92,103)(H2,93,94,95,101,104)/t64-,65+,66+,67+,68-,69-,70-,71-,72-,121?,122?,123?/m1/s1. The van der Waals surface area contributed by atoms with Crippen molar-refractivity contribution in [2.75, 3.05) is 50.8 Å². The summed E-state index contributed by atoms with van der Waals surface area (Å²) in [6, 6.07) is 46.8. The lowest BCUT2D eigenvalue weighted by atomic mass is 9.80. The maximum Gasteiger partial charge on any atom is 0.530 e. The molecule has 0 bridgehead atoms. The molecule has 0 saturated carbocycles. The molecule has 39 heteroatoms. The van der Waals surface area contributed by atoms with E-state index in [0.717, 1.165) is 0 Å². The highest BCUT2D eigenvalue weighted by Gasteiger charge is 2.51. The van der Waals surface area contributed by atoms with Gasteiger partial charge in [0.1, 0.15) is 78.0 Å². The molecule has 14 rings (SSSR count). The number of amides is 2. The Kier molecular flexibility index (Phi) is 28.3. The maximum absolute atomic E-state index is 16.8. The predicted octanol–water partition coefficient (Wildman–Crippen LogP) is 15.2. The summed E-state index contributed by atoms with van der Waals surface area (Å²) in [5.74, 6) is -0.563. The lowest BCUT2D eigenvalue weighted by Gasteiger charge is -2.37. The van der Waals surface area contributed by atoms with Crippen molar-refractivity contribution in [2.45, 2.75) is 154 Å². The number of anilines is 2. The number of nitrogens with zero attached hydrogens (tertiary/aromatic N) is 10. The molecule has 3 unspecified atom stereocenters. The van der Waals surface area contributed by atoms with E-state index in [1.165, 1.54) is 65.5 Å². The minimum Gasteiger partial charge on any atom is -0.497 e. The number of H-pyrrole nitrogens is 2. The highest BCUT2D eigenvalue weighted by Crippen LogP contribution is 2.59. The van der Waals surface area contributed by atoms with Crippen molar-refractivity contribution in [3.8, 4) is 29.1 Å². The van der Waals surface area contributed by atoms with Crippen LogP contribution in [0.15, 0.2) is 197 Å². The number of aromatic amines is 2. The average Bonchev–Trinajstić information content (AvgIpc) is 1.76. The minimum atomic E-state index is -5.28. The number of para-hydroxylation sites is 2. The number of ether oxygens (including phenoxy) is 6. The van der Waals surface area contributed by atoms with Crippen LogP contribution in [0.3, 0.4) is 0 Å². The zero-order valence-corrected chi connectivity index (χ0v) is 72.5. The normalized spacial score (nSPS) is 20.4. The second kappa shape index (κ2) is 39.2. The molecular formula is C84H91Cl2N14O20P3. The first kappa shape index (κ1) is 88.9. The van der Waals surface area contributed by atoms with E-state index in [2.05, 4.69) is 51.6 Å². The van der Waals surface area contributed by atoms with Gasteiger partial charge in [0.05, 0.1) is 87.6 Å². The van der Waals surface area contributed by atoms with Gasteiger partial charge in [0.15, 0.2) is 28.1 Å². The summed E-state index contributed by atoms with van der Waals surface area (Å²) in [6.45, 7) is 11.7. The van der Waals surface area contributed by atoms with Crippen molar-refractivity contribution in [1.82, 2.24) is 53.3 Å². The number of hydrogen-bond acceptors (Lipinski definition) is 27. The molecular weight excluding hydrogens is 1690 g/mol. The van der Waals surface area contributed by atoms with Crippen LogP contribution in [0.4, 0.5) is 11.8 Å². The van der Waals surface area contributed by atoms with Crippen LogP contribution in [0, 0.1) is 24.2 Å². The largest absolute Gasteiger partial charge is 0.530 e. The molecule has 8 heterocycles. The lowest BCUT2D eigenvalue weighted by Crippen LogP contribution is -2.38. The second-order valence-corrected chi connectivity index (χ2v) is 35.9. The maximum atomic E-state index is 16.8. The van der Waals surface area contributed by atoms with Gasteiger partial charge in [-0.2, -0.15) is 10.2 Å². The van der Waals surface area contributed by atoms with Gasteiger partial charge in [0.25, 0.3) is 25.6 Å². The Morgan fingerprint density at radius 3 is 1.80 bits per heavy atom. The first-order valence-corrected chi connectivity index (χ1v) is 44.7. The van der Waals surface area contributed by atoms with Crippen molar-refractivity contribution >= 4 is 93.1 Å². The van der Waals surface area contributed by atoms with Crippen LogP contribution in [0.5, 0.6) is 23.0 Å². The van der Waals surface area contributed by atoms with Crippen molar-refractivity contribution in [3.63, 3.8) is 0 Å². The summed E-state index contributed by atoms with van der Waals surface area (Å²) in [6.07, 6.45) is -6.66. The Labute approximate surface area is 717 Å². The predicted molar refractivity (Wildman–Crippen MR) is 456 cm³/mol. The molecule has 34 nitrogen and oxygen atoms in total. The number of carbonyl (C=O) groups excluding carboxylic acids is 2. The molecule has 6 aromatic carbocycles. The van der Waals surface area contributed by atoms with Gasteiger partial charge in [-0.05, 0) is 118 Å². The fourth-order valence-electron chi connectivity index (χ4n) is 14.7. The molecule has 0 aliphatic carbocycles. The minimum absolute atomic E-state index is 0.00829. The number of carbonyl (C=O) groups is 2. The zero-order valence-electron chi connectivity index (χ0n) is 68.3. The number of aryl methyl sites for hydroxylation is 1. The Bertz CT molecular complexity index is 5830. The van der Waals surface area contributed by atoms with Gasteiger partial charge in [0.2, 0.25) is 11.9 Å². The van der Waals surface area contributed by atoms with Crippen molar-refractivity contribution < 1.29 is 78.8 Å². The third kappa shape index (κ3) is 20.4. The SMILES string of the molecule is COc1ccc(C(OC[C@H]2O[C@@H](n3cc(C)c(=O)[nH]c3=O)C[C@@H]2OP(=O)(OC[C@H]2O[C@@H](n3cnc4c(NC(=O)c5ccccc5)ncnc43)C[C@@H]2OP(=O)(CC[C@H]2O[C@@H](n3cnc4c(=O)[nH]c(NC(=O)C(C)C)nc43)C[C@@H]2OP(OCCC#N)N(C(C)C)C(C)C)Oc2ccccc2Cl)Oc2ccccc2Cl)(c2ccccc2)c2ccc(OC)cc2)cc1. The van der Waals surface area contributed by atoms with Gasteiger partial charge in [-0.15, -0.1) is 0 Å². The molecule has 3 saturated heterocycles. The van der Waals surface area contributed by atoms with Gasteiger partial charge in [-0.3, -0.25) is 61.7 Å². The summed E-state index contributed by atoms with van der Waals surface area (Å²) < 4.78 is 127. The van der Waals surface area contributed by atoms with Crippen LogP contribution in [0.1, 0.15) is 125 Å². The number of nitriles is 1. The number of methoxy groups -OCH3 is 2. The number of nitrogens with one attached hydrogen (secondary N) is 4. The molecule has 3 fully saturated rings. The number of aromatic nitrogens is 10. The highest BCUT2D eigenvalue weighted by molar-refractivity contribution is 7.54. The van der Waals surface area contributed by atoms with E-state index < -0.39 is 132 Å². The first-order valence-electron chi connectivity index (χ1n) is 39.7. The number of phosphoric acid groups is 1. The summed E-state index contributed by atoms with van der Waals surface area (Å²) in [4.78, 5) is 95.2. The Morgan fingerprint density at radius 2 is 1.20 bits per heavy atom. The van der Waals surface area contributed by atoms with Gasteiger partial charge in [0, 0.05) is 54.6 Å². The van der Waals surface area contributed by atoms with E-state index in [4.69, 9.17) is 83.3 Å². The van der Waals surface area contributed by atoms with Crippen molar-refractivity contribution in [2.24, 2.45) is 5.92 Å². The number of phosphoric ester groups is 1. The van der Waals surface area contributed by atoms with E-state index in [1.54, 1.807) is 111 Å². The quantitative estimate of drug-likeness (QED) is 0.0160. The molecule has 2 amide bonds. The fraction of sp³-hybridized carbons (Fsp3) is 0.369.